The van der Waals surface area contributed by atoms with E-state index in [4.69, 9.17) is 10.5 Å². The molecule has 1 aromatic carbocycles. The first-order valence-corrected chi connectivity index (χ1v) is 7.42. The van der Waals surface area contributed by atoms with Crippen LogP contribution in [0.3, 0.4) is 0 Å². The molecule has 0 saturated carbocycles. The molecule has 2 heterocycles. The van der Waals surface area contributed by atoms with Gasteiger partial charge in [0.05, 0.1) is 11.3 Å². The molecule has 5 nitrogen and oxygen atoms in total. The summed E-state index contributed by atoms with van der Waals surface area (Å²) < 4.78 is 5.65. The van der Waals surface area contributed by atoms with Gasteiger partial charge in [0.25, 0.3) is 0 Å². The van der Waals surface area contributed by atoms with E-state index in [1.165, 1.54) is 0 Å². The fraction of sp³-hybridized carbons (Fsp3) is 0.562. The maximum Gasteiger partial charge on any atom is 0.248 e. The van der Waals surface area contributed by atoms with E-state index in [-0.39, 0.29) is 11.5 Å². The van der Waals surface area contributed by atoms with Crippen LogP contribution < -0.4 is 15.5 Å². The number of carbonyl (C=O) groups excluding carboxylic acids is 1. The molecule has 2 aliphatic rings. The Bertz CT molecular complexity index is 575. The second kappa shape index (κ2) is 5.00. The van der Waals surface area contributed by atoms with Crippen molar-refractivity contribution in [3.8, 4) is 0 Å². The van der Waals surface area contributed by atoms with Crippen molar-refractivity contribution in [1.82, 2.24) is 0 Å². The van der Waals surface area contributed by atoms with Crippen molar-refractivity contribution in [2.45, 2.75) is 31.4 Å². The molecule has 1 fully saturated rings. The molecular weight excluding hydrogens is 266 g/mol. The van der Waals surface area contributed by atoms with Gasteiger partial charge in [-0.25, -0.2) is 0 Å². The number of methoxy groups -OCH3 is 1. The average molecular weight is 289 g/mol. The molecule has 0 aromatic heterocycles. The molecule has 3 rings (SSSR count). The minimum atomic E-state index is -0.523. The number of piperidine rings is 1. The van der Waals surface area contributed by atoms with Crippen molar-refractivity contribution in [2.75, 3.05) is 37.0 Å². The van der Waals surface area contributed by atoms with Gasteiger partial charge in [0.2, 0.25) is 5.91 Å². The summed E-state index contributed by atoms with van der Waals surface area (Å²) in [5.41, 5.74) is 8.82. The number of carbonyl (C=O) groups is 1. The SMILES string of the molecule is COC1(C)CCCN(c2ccc3c(c2)N(C)C(=O)C3N)C1. The first-order chi connectivity index (χ1) is 9.95. The zero-order chi connectivity index (χ0) is 15.2. The molecule has 1 amide bonds. The third-order valence-corrected chi connectivity index (χ3v) is 4.82. The van der Waals surface area contributed by atoms with Crippen LogP contribution in [0.25, 0.3) is 0 Å². The lowest BCUT2D eigenvalue weighted by molar-refractivity contribution is -0.118. The minimum absolute atomic E-state index is 0.0393. The molecule has 2 atom stereocenters. The van der Waals surface area contributed by atoms with Gasteiger partial charge in [-0.2, -0.15) is 0 Å². The van der Waals surface area contributed by atoms with Gasteiger partial charge in [0, 0.05) is 38.5 Å². The molecule has 0 bridgehead atoms. The zero-order valence-electron chi connectivity index (χ0n) is 12.9. The van der Waals surface area contributed by atoms with Crippen molar-refractivity contribution >= 4 is 17.3 Å². The van der Waals surface area contributed by atoms with Crippen LogP contribution in [0.15, 0.2) is 18.2 Å². The average Bonchev–Trinajstić information content (AvgIpc) is 2.72. The first-order valence-electron chi connectivity index (χ1n) is 7.42. The predicted molar refractivity (Wildman–Crippen MR) is 83.6 cm³/mol. The summed E-state index contributed by atoms with van der Waals surface area (Å²) in [6.07, 6.45) is 2.18. The highest BCUT2D eigenvalue weighted by atomic mass is 16.5. The Hall–Kier alpha value is -1.59. The van der Waals surface area contributed by atoms with E-state index in [0.29, 0.717) is 0 Å². The zero-order valence-corrected chi connectivity index (χ0v) is 12.9. The fourth-order valence-electron chi connectivity index (χ4n) is 3.34. The lowest BCUT2D eigenvalue weighted by atomic mass is 9.94. The van der Waals surface area contributed by atoms with Gasteiger partial charge in [-0.1, -0.05) is 6.07 Å². The quantitative estimate of drug-likeness (QED) is 0.899. The van der Waals surface area contributed by atoms with Crippen molar-refractivity contribution in [3.63, 3.8) is 0 Å². The van der Waals surface area contributed by atoms with Crippen LogP contribution >= 0.6 is 0 Å². The van der Waals surface area contributed by atoms with Crippen LogP contribution in [0.1, 0.15) is 31.4 Å². The standard InChI is InChI=1S/C16H23N3O2/c1-16(21-3)7-4-8-19(10-16)11-5-6-12-13(9-11)18(2)15(20)14(12)17/h5-6,9,14H,4,7-8,10,17H2,1-3H3. The van der Waals surface area contributed by atoms with Crippen LogP contribution in [0.4, 0.5) is 11.4 Å². The summed E-state index contributed by atoms with van der Waals surface area (Å²) >= 11 is 0. The van der Waals surface area contributed by atoms with Gasteiger partial charge >= 0.3 is 0 Å². The van der Waals surface area contributed by atoms with Gasteiger partial charge in [-0.15, -0.1) is 0 Å². The maximum absolute atomic E-state index is 12.0. The Balaban J connectivity index is 1.90. The molecule has 2 N–H and O–H groups in total. The van der Waals surface area contributed by atoms with Gasteiger partial charge in [0.15, 0.2) is 0 Å². The van der Waals surface area contributed by atoms with E-state index in [0.717, 1.165) is 42.9 Å². The van der Waals surface area contributed by atoms with Gasteiger partial charge in [-0.05, 0) is 31.9 Å². The third kappa shape index (κ3) is 2.30. The van der Waals surface area contributed by atoms with Crippen molar-refractivity contribution in [2.24, 2.45) is 5.73 Å². The number of ether oxygens (including phenoxy) is 1. The Labute approximate surface area is 125 Å². The number of hydrogen-bond acceptors (Lipinski definition) is 4. The minimum Gasteiger partial charge on any atom is -0.377 e. The summed E-state index contributed by atoms with van der Waals surface area (Å²) in [4.78, 5) is 16.0. The smallest absolute Gasteiger partial charge is 0.248 e. The number of nitrogens with zero attached hydrogens (tertiary/aromatic N) is 2. The molecule has 1 aromatic rings. The number of nitrogens with two attached hydrogens (primary N) is 1. The van der Waals surface area contributed by atoms with E-state index in [2.05, 4.69) is 24.0 Å². The fourth-order valence-corrected chi connectivity index (χ4v) is 3.34. The molecular formula is C16H23N3O2. The predicted octanol–water partition coefficient (Wildman–Crippen LogP) is 1.67. The highest BCUT2D eigenvalue weighted by Gasteiger charge is 2.34. The summed E-state index contributed by atoms with van der Waals surface area (Å²) in [6, 6.07) is 5.59. The van der Waals surface area contributed by atoms with Crippen LogP contribution in [-0.4, -0.2) is 38.8 Å². The van der Waals surface area contributed by atoms with E-state index in [9.17, 15) is 4.79 Å². The molecule has 0 radical (unpaired) electrons. The molecule has 2 unspecified atom stereocenters. The molecule has 0 aliphatic carbocycles. The second-order valence-electron chi connectivity index (χ2n) is 6.30. The number of benzene rings is 1. The molecule has 0 spiro atoms. The summed E-state index contributed by atoms with van der Waals surface area (Å²) in [5, 5.41) is 0. The lowest BCUT2D eigenvalue weighted by Gasteiger charge is -2.40. The molecule has 5 heteroatoms. The second-order valence-corrected chi connectivity index (χ2v) is 6.30. The summed E-state index contributed by atoms with van der Waals surface area (Å²) in [5.74, 6) is -0.0393. The number of amides is 1. The van der Waals surface area contributed by atoms with Crippen molar-refractivity contribution in [1.29, 1.82) is 0 Å². The van der Waals surface area contributed by atoms with Crippen LogP contribution in [0.2, 0.25) is 0 Å². The van der Waals surface area contributed by atoms with E-state index in [1.807, 2.05) is 6.07 Å². The monoisotopic (exact) mass is 289 g/mol. The Morgan fingerprint density at radius 3 is 2.90 bits per heavy atom. The lowest BCUT2D eigenvalue weighted by Crippen LogP contribution is -2.47. The molecule has 114 valence electrons. The van der Waals surface area contributed by atoms with Crippen LogP contribution in [0, 0.1) is 0 Å². The Morgan fingerprint density at radius 2 is 2.19 bits per heavy atom. The molecule has 1 saturated heterocycles. The Morgan fingerprint density at radius 1 is 1.43 bits per heavy atom. The number of rotatable bonds is 2. The van der Waals surface area contributed by atoms with Gasteiger partial charge < -0.3 is 20.3 Å². The highest BCUT2D eigenvalue weighted by molar-refractivity contribution is 6.04. The van der Waals surface area contributed by atoms with Crippen LogP contribution in [-0.2, 0) is 9.53 Å². The number of likely N-dealkylation sites (N-methyl/N-ethyl adjacent to an activating group) is 1. The number of anilines is 2. The molecule has 21 heavy (non-hydrogen) atoms. The third-order valence-electron chi connectivity index (χ3n) is 4.82. The number of fused-ring (bicyclic) bond motifs is 1. The van der Waals surface area contributed by atoms with E-state index in [1.54, 1.807) is 19.1 Å². The van der Waals surface area contributed by atoms with Gasteiger partial charge in [0.1, 0.15) is 6.04 Å². The topological polar surface area (TPSA) is 58.8 Å². The highest BCUT2D eigenvalue weighted by Crippen LogP contribution is 2.37. The number of hydrogen-bond donors (Lipinski definition) is 1. The van der Waals surface area contributed by atoms with Gasteiger partial charge in [-0.3, -0.25) is 4.79 Å². The normalized spacial score (nSPS) is 29.0. The largest absolute Gasteiger partial charge is 0.377 e. The Kier molecular flexibility index (Phi) is 3.42. The maximum atomic E-state index is 12.0. The van der Waals surface area contributed by atoms with Crippen molar-refractivity contribution in [3.05, 3.63) is 23.8 Å². The molecule has 2 aliphatic heterocycles. The van der Waals surface area contributed by atoms with E-state index >= 15 is 0 Å². The van der Waals surface area contributed by atoms with Crippen LogP contribution in [0.5, 0.6) is 0 Å². The first kappa shape index (κ1) is 14.4. The summed E-state index contributed by atoms with van der Waals surface area (Å²) in [6.45, 7) is 4.03. The summed E-state index contributed by atoms with van der Waals surface area (Å²) in [7, 11) is 3.56. The van der Waals surface area contributed by atoms with Crippen molar-refractivity contribution < 1.29 is 9.53 Å². The van der Waals surface area contributed by atoms with E-state index < -0.39 is 6.04 Å².